The molecule has 2 aromatic rings. The van der Waals surface area contributed by atoms with Crippen LogP contribution in [0.1, 0.15) is 31.4 Å². The average molecular weight is 334 g/mol. The summed E-state index contributed by atoms with van der Waals surface area (Å²) in [6, 6.07) is 5.94. The van der Waals surface area contributed by atoms with E-state index >= 15 is 0 Å². The molecule has 0 spiro atoms. The van der Waals surface area contributed by atoms with Gasteiger partial charge in [-0.2, -0.15) is 0 Å². The molecule has 0 bridgehead atoms. The van der Waals surface area contributed by atoms with Gasteiger partial charge in [-0.3, -0.25) is 9.36 Å². The standard InChI is InChI=1S/C16H22N4O2S/c1-5-8-20-15(22)18-19-16(20)23-12(4)14(21)17-13-9-10(2)6-7-11(13)3/h6-7,9,12H,5,8H2,1-4H3,(H,17,21)(H,18,22). The number of nitrogens with one attached hydrogen (secondary N) is 2. The van der Waals surface area contributed by atoms with Gasteiger partial charge in [-0.15, -0.1) is 5.10 Å². The number of hydrogen-bond acceptors (Lipinski definition) is 4. The molecule has 1 atom stereocenters. The van der Waals surface area contributed by atoms with E-state index in [0.717, 1.165) is 23.2 Å². The summed E-state index contributed by atoms with van der Waals surface area (Å²) in [7, 11) is 0. The van der Waals surface area contributed by atoms with Crippen LogP contribution in [0, 0.1) is 13.8 Å². The molecule has 0 saturated heterocycles. The maximum atomic E-state index is 12.4. The number of amides is 1. The van der Waals surface area contributed by atoms with Gasteiger partial charge in [0.15, 0.2) is 5.16 Å². The van der Waals surface area contributed by atoms with Crippen molar-refractivity contribution in [3.8, 4) is 0 Å². The maximum absolute atomic E-state index is 12.4. The number of H-pyrrole nitrogens is 1. The Kier molecular flexibility index (Phi) is 5.65. The molecule has 6 nitrogen and oxygen atoms in total. The second-order valence-electron chi connectivity index (χ2n) is 5.53. The highest BCUT2D eigenvalue weighted by molar-refractivity contribution is 8.00. The lowest BCUT2D eigenvalue weighted by Gasteiger charge is -2.14. The van der Waals surface area contributed by atoms with Crippen LogP contribution < -0.4 is 11.0 Å². The van der Waals surface area contributed by atoms with Gasteiger partial charge in [0.1, 0.15) is 0 Å². The zero-order chi connectivity index (χ0) is 17.0. The van der Waals surface area contributed by atoms with Crippen LogP contribution in [0.3, 0.4) is 0 Å². The molecule has 1 aromatic carbocycles. The van der Waals surface area contributed by atoms with Gasteiger partial charge >= 0.3 is 5.69 Å². The number of nitrogens with zero attached hydrogens (tertiary/aromatic N) is 2. The van der Waals surface area contributed by atoms with E-state index in [0.29, 0.717) is 11.7 Å². The van der Waals surface area contributed by atoms with Crippen molar-refractivity contribution in [2.45, 2.75) is 51.1 Å². The van der Waals surface area contributed by atoms with E-state index in [1.54, 1.807) is 11.5 Å². The lowest BCUT2D eigenvalue weighted by atomic mass is 10.1. The molecule has 0 aliphatic rings. The molecule has 1 unspecified atom stereocenters. The number of carbonyl (C=O) groups excluding carboxylic acids is 1. The Bertz CT molecular complexity index is 751. The van der Waals surface area contributed by atoms with Crippen molar-refractivity contribution >= 4 is 23.4 Å². The van der Waals surface area contributed by atoms with Crippen LogP contribution in [0.15, 0.2) is 28.2 Å². The first kappa shape index (κ1) is 17.3. The Labute approximate surface area is 139 Å². The van der Waals surface area contributed by atoms with Gasteiger partial charge in [-0.05, 0) is 44.4 Å². The van der Waals surface area contributed by atoms with E-state index in [9.17, 15) is 9.59 Å². The minimum Gasteiger partial charge on any atom is -0.325 e. The number of hydrogen-bond donors (Lipinski definition) is 2. The fourth-order valence-electron chi connectivity index (χ4n) is 2.13. The van der Waals surface area contributed by atoms with Crippen LogP contribution in [-0.4, -0.2) is 25.9 Å². The molecule has 0 aliphatic heterocycles. The highest BCUT2D eigenvalue weighted by atomic mass is 32.2. The maximum Gasteiger partial charge on any atom is 0.343 e. The van der Waals surface area contributed by atoms with Gasteiger partial charge in [-0.1, -0.05) is 30.8 Å². The number of aromatic amines is 1. The van der Waals surface area contributed by atoms with E-state index < -0.39 is 0 Å². The summed E-state index contributed by atoms with van der Waals surface area (Å²) in [5, 5.41) is 9.57. The van der Waals surface area contributed by atoms with E-state index in [4.69, 9.17) is 0 Å². The summed E-state index contributed by atoms with van der Waals surface area (Å²) >= 11 is 1.28. The molecule has 0 saturated carbocycles. The van der Waals surface area contributed by atoms with Crippen molar-refractivity contribution in [3.63, 3.8) is 0 Å². The van der Waals surface area contributed by atoms with Crippen molar-refractivity contribution in [1.82, 2.24) is 14.8 Å². The first-order chi connectivity index (χ1) is 10.9. The van der Waals surface area contributed by atoms with Gasteiger partial charge in [0, 0.05) is 12.2 Å². The Balaban J connectivity index is 2.08. The predicted octanol–water partition coefficient (Wildman–Crippen LogP) is 2.72. The lowest BCUT2D eigenvalue weighted by Crippen LogP contribution is -2.24. The zero-order valence-electron chi connectivity index (χ0n) is 13.8. The molecular weight excluding hydrogens is 312 g/mol. The highest BCUT2D eigenvalue weighted by Gasteiger charge is 2.19. The van der Waals surface area contributed by atoms with Gasteiger partial charge in [0.2, 0.25) is 5.91 Å². The molecule has 0 aliphatic carbocycles. The molecule has 2 rings (SSSR count). The first-order valence-electron chi connectivity index (χ1n) is 7.62. The molecule has 23 heavy (non-hydrogen) atoms. The van der Waals surface area contributed by atoms with Crippen LogP contribution in [0.25, 0.3) is 0 Å². The molecule has 2 N–H and O–H groups in total. The molecule has 124 valence electrons. The molecule has 0 fully saturated rings. The highest BCUT2D eigenvalue weighted by Crippen LogP contribution is 2.23. The number of carbonyl (C=O) groups is 1. The van der Waals surface area contributed by atoms with Crippen molar-refractivity contribution in [3.05, 3.63) is 39.8 Å². The smallest absolute Gasteiger partial charge is 0.325 e. The summed E-state index contributed by atoms with van der Waals surface area (Å²) in [5.41, 5.74) is 2.69. The van der Waals surface area contributed by atoms with Crippen LogP contribution >= 0.6 is 11.8 Å². The number of aromatic nitrogens is 3. The molecule has 7 heteroatoms. The molecule has 1 amide bonds. The Hall–Kier alpha value is -2.02. The SMILES string of the molecule is CCCn1c(SC(C)C(=O)Nc2cc(C)ccc2C)n[nH]c1=O. The molecule has 1 heterocycles. The second kappa shape index (κ2) is 7.50. The minimum atomic E-state index is -0.360. The van der Waals surface area contributed by atoms with Crippen LogP contribution in [0.4, 0.5) is 5.69 Å². The second-order valence-corrected chi connectivity index (χ2v) is 6.84. The van der Waals surface area contributed by atoms with Crippen LogP contribution in [-0.2, 0) is 11.3 Å². The molecular formula is C16H22N4O2S. The summed E-state index contributed by atoms with van der Waals surface area (Å²) in [5.74, 6) is -0.109. The lowest BCUT2D eigenvalue weighted by molar-refractivity contribution is -0.115. The van der Waals surface area contributed by atoms with E-state index in [2.05, 4.69) is 15.5 Å². The summed E-state index contributed by atoms with van der Waals surface area (Å²) in [6.45, 7) is 8.33. The molecule has 1 aromatic heterocycles. The van der Waals surface area contributed by atoms with Gasteiger partial charge in [0.25, 0.3) is 0 Å². The zero-order valence-corrected chi connectivity index (χ0v) is 14.7. The number of anilines is 1. The van der Waals surface area contributed by atoms with E-state index in [-0.39, 0.29) is 16.8 Å². The summed E-state index contributed by atoms with van der Waals surface area (Å²) in [4.78, 5) is 24.1. The first-order valence-corrected chi connectivity index (χ1v) is 8.50. The third kappa shape index (κ3) is 4.25. The Morgan fingerprint density at radius 3 is 2.87 bits per heavy atom. The van der Waals surface area contributed by atoms with Gasteiger partial charge in [-0.25, -0.2) is 9.89 Å². The van der Waals surface area contributed by atoms with Crippen molar-refractivity contribution in [2.75, 3.05) is 5.32 Å². The number of benzene rings is 1. The van der Waals surface area contributed by atoms with Crippen molar-refractivity contribution in [2.24, 2.45) is 0 Å². The normalized spacial score (nSPS) is 12.2. The Morgan fingerprint density at radius 2 is 2.17 bits per heavy atom. The van der Waals surface area contributed by atoms with Crippen molar-refractivity contribution in [1.29, 1.82) is 0 Å². The van der Waals surface area contributed by atoms with Gasteiger partial charge in [0.05, 0.1) is 5.25 Å². The van der Waals surface area contributed by atoms with E-state index in [1.165, 1.54) is 11.8 Å². The van der Waals surface area contributed by atoms with Gasteiger partial charge < -0.3 is 5.32 Å². The topological polar surface area (TPSA) is 79.8 Å². The largest absolute Gasteiger partial charge is 0.343 e. The van der Waals surface area contributed by atoms with Crippen LogP contribution in [0.5, 0.6) is 0 Å². The minimum absolute atomic E-state index is 0.109. The number of thioether (sulfide) groups is 1. The van der Waals surface area contributed by atoms with Crippen LogP contribution in [0.2, 0.25) is 0 Å². The monoisotopic (exact) mass is 334 g/mol. The number of rotatable bonds is 6. The predicted molar refractivity (Wildman–Crippen MR) is 93.0 cm³/mol. The summed E-state index contributed by atoms with van der Waals surface area (Å²) < 4.78 is 1.56. The summed E-state index contributed by atoms with van der Waals surface area (Å²) in [6.07, 6.45) is 0.829. The average Bonchev–Trinajstić information content (AvgIpc) is 2.84. The van der Waals surface area contributed by atoms with E-state index in [1.807, 2.05) is 39.0 Å². The fraction of sp³-hybridized carbons (Fsp3) is 0.438. The number of aryl methyl sites for hydroxylation is 2. The fourth-order valence-corrected chi connectivity index (χ4v) is 3.01. The third-order valence-electron chi connectivity index (χ3n) is 3.47. The quantitative estimate of drug-likeness (QED) is 0.796. The molecule has 0 radical (unpaired) electrons. The third-order valence-corrected chi connectivity index (χ3v) is 4.56. The van der Waals surface area contributed by atoms with Crippen molar-refractivity contribution < 1.29 is 4.79 Å². The Morgan fingerprint density at radius 1 is 1.43 bits per heavy atom.